The van der Waals surface area contributed by atoms with Crippen molar-refractivity contribution in [1.29, 1.82) is 5.26 Å². The Morgan fingerprint density at radius 1 is 1.19 bits per heavy atom. The van der Waals surface area contributed by atoms with Crippen LogP contribution in [0.5, 0.6) is 0 Å². The molecule has 3 nitrogen and oxygen atoms in total. The predicted molar refractivity (Wildman–Crippen MR) is 72.3 cm³/mol. The number of esters is 1. The first-order valence-electron chi connectivity index (χ1n) is 5.54. The quantitative estimate of drug-likeness (QED) is 0.162. The van der Waals surface area contributed by atoms with Gasteiger partial charge >= 0.3 is 5.97 Å². The summed E-state index contributed by atoms with van der Waals surface area (Å²) in [5.41, 5.74) is -0.123. The minimum Gasteiger partial charge on any atom is -0.462 e. The van der Waals surface area contributed by atoms with Crippen molar-refractivity contribution in [2.24, 2.45) is 0 Å². The summed E-state index contributed by atoms with van der Waals surface area (Å²) in [6.45, 7) is 3.68. The molecular weight excluding hydrogens is 317 g/mol. The van der Waals surface area contributed by atoms with Crippen molar-refractivity contribution in [2.75, 3.05) is 11.0 Å². The van der Waals surface area contributed by atoms with E-state index in [0.29, 0.717) is 6.61 Å². The Balaban J connectivity index is 3.25. The van der Waals surface area contributed by atoms with Gasteiger partial charge < -0.3 is 4.74 Å². The number of nitrogens with zero attached hydrogens (tertiary/aromatic N) is 1. The molecule has 0 radical (unpaired) electrons. The van der Waals surface area contributed by atoms with E-state index in [4.69, 9.17) is 10.00 Å². The Labute approximate surface area is 111 Å². The minimum absolute atomic E-state index is 0.123. The number of hydrogen-bond donors (Lipinski definition) is 0. The van der Waals surface area contributed by atoms with Crippen molar-refractivity contribution in [2.45, 2.75) is 38.5 Å². The maximum atomic E-state index is 11.0. The van der Waals surface area contributed by atoms with Crippen molar-refractivity contribution >= 4 is 28.6 Å². The van der Waals surface area contributed by atoms with E-state index >= 15 is 0 Å². The van der Waals surface area contributed by atoms with Crippen LogP contribution in [0.4, 0.5) is 0 Å². The Morgan fingerprint density at radius 3 is 2.31 bits per heavy atom. The van der Waals surface area contributed by atoms with Gasteiger partial charge in [0.25, 0.3) is 0 Å². The molecule has 0 aliphatic heterocycles. The highest BCUT2D eigenvalue weighted by Crippen LogP contribution is 2.07. The first-order valence-corrected chi connectivity index (χ1v) is 7.07. The molecule has 0 heterocycles. The third-order valence-corrected chi connectivity index (χ3v) is 2.91. The Hall–Kier alpha value is -0.570. The third kappa shape index (κ3) is 8.72. The topological polar surface area (TPSA) is 50.1 Å². The summed E-state index contributed by atoms with van der Waals surface area (Å²) in [5, 5.41) is 8.38. The van der Waals surface area contributed by atoms with Crippen LogP contribution in [0.15, 0.2) is 12.2 Å². The van der Waals surface area contributed by atoms with Crippen LogP contribution in [0.25, 0.3) is 0 Å². The van der Waals surface area contributed by atoms with Crippen LogP contribution in [-0.4, -0.2) is 17.0 Å². The fourth-order valence-corrected chi connectivity index (χ4v) is 1.74. The highest BCUT2D eigenvalue weighted by Gasteiger charge is 2.05. The second-order valence-corrected chi connectivity index (χ2v) is 4.62. The summed E-state index contributed by atoms with van der Waals surface area (Å²) in [6, 6.07) is 1.67. The third-order valence-electron chi connectivity index (χ3n) is 2.14. The lowest BCUT2D eigenvalue weighted by Gasteiger charge is -2.03. The van der Waals surface area contributed by atoms with Crippen LogP contribution in [0.1, 0.15) is 38.5 Å². The highest BCUT2D eigenvalue weighted by atomic mass is 127. The molecule has 90 valence electrons. The highest BCUT2D eigenvalue weighted by molar-refractivity contribution is 14.1. The summed E-state index contributed by atoms with van der Waals surface area (Å²) in [6.07, 6.45) is 6.96. The molecule has 16 heavy (non-hydrogen) atoms. The van der Waals surface area contributed by atoms with E-state index in [1.54, 1.807) is 6.07 Å². The average Bonchev–Trinajstić information content (AvgIpc) is 2.31. The van der Waals surface area contributed by atoms with Crippen molar-refractivity contribution < 1.29 is 9.53 Å². The molecule has 0 amide bonds. The standard InChI is InChI=1S/C12H18INO2/c1-11(10-14)12(15)16-9-7-5-3-2-4-6-8-13/h1-9H2. The Morgan fingerprint density at radius 2 is 1.75 bits per heavy atom. The number of rotatable bonds is 9. The van der Waals surface area contributed by atoms with Gasteiger partial charge in [0, 0.05) is 0 Å². The molecule has 0 N–H and O–H groups in total. The van der Waals surface area contributed by atoms with E-state index in [0.717, 1.165) is 12.8 Å². The second-order valence-electron chi connectivity index (χ2n) is 3.54. The number of hydrogen-bond acceptors (Lipinski definition) is 3. The van der Waals surface area contributed by atoms with E-state index in [2.05, 4.69) is 29.2 Å². The molecule has 0 bridgehead atoms. The Kier molecular flexibility index (Phi) is 10.5. The fourth-order valence-electron chi connectivity index (χ4n) is 1.20. The van der Waals surface area contributed by atoms with Gasteiger partial charge in [-0.3, -0.25) is 0 Å². The minimum atomic E-state index is -0.590. The van der Waals surface area contributed by atoms with Gasteiger partial charge in [-0.15, -0.1) is 0 Å². The average molecular weight is 335 g/mol. The summed E-state index contributed by atoms with van der Waals surface area (Å²) < 4.78 is 6.09. The van der Waals surface area contributed by atoms with Gasteiger partial charge in [0.05, 0.1) is 6.61 Å². The van der Waals surface area contributed by atoms with Crippen molar-refractivity contribution in [3.63, 3.8) is 0 Å². The van der Waals surface area contributed by atoms with Crippen LogP contribution < -0.4 is 0 Å². The maximum absolute atomic E-state index is 11.0. The number of carbonyl (C=O) groups excluding carboxylic acids is 1. The zero-order valence-corrected chi connectivity index (χ0v) is 11.7. The molecule has 0 rings (SSSR count). The monoisotopic (exact) mass is 335 g/mol. The summed E-state index contributed by atoms with van der Waals surface area (Å²) in [7, 11) is 0. The molecule has 4 heteroatoms. The van der Waals surface area contributed by atoms with Gasteiger partial charge in [-0.25, -0.2) is 4.79 Å². The lowest BCUT2D eigenvalue weighted by atomic mass is 10.1. The van der Waals surface area contributed by atoms with Gasteiger partial charge in [0.2, 0.25) is 0 Å². The first-order chi connectivity index (χ1) is 7.72. The van der Waals surface area contributed by atoms with Gasteiger partial charge in [0.15, 0.2) is 0 Å². The molecule has 0 aliphatic rings. The van der Waals surface area contributed by atoms with Gasteiger partial charge in [0.1, 0.15) is 11.6 Å². The lowest BCUT2D eigenvalue weighted by Crippen LogP contribution is -2.06. The van der Waals surface area contributed by atoms with Crippen LogP contribution in [0.3, 0.4) is 0 Å². The normalized spacial score (nSPS) is 9.50. The predicted octanol–water partition coefficient (Wildman–Crippen LogP) is 3.38. The van der Waals surface area contributed by atoms with E-state index < -0.39 is 5.97 Å². The molecule has 0 unspecified atom stereocenters. The zero-order valence-electron chi connectivity index (χ0n) is 9.51. The largest absolute Gasteiger partial charge is 0.462 e. The molecule has 0 aromatic heterocycles. The molecule has 0 aliphatic carbocycles. The number of halogens is 1. The molecule has 0 saturated carbocycles. The van der Waals surface area contributed by atoms with E-state index in [1.807, 2.05) is 0 Å². The van der Waals surface area contributed by atoms with Crippen molar-refractivity contribution in [3.05, 3.63) is 12.2 Å². The van der Waals surface area contributed by atoms with Crippen LogP contribution in [-0.2, 0) is 9.53 Å². The molecule has 0 aromatic rings. The van der Waals surface area contributed by atoms with Gasteiger partial charge in [-0.05, 0) is 17.3 Å². The van der Waals surface area contributed by atoms with Crippen molar-refractivity contribution in [3.8, 4) is 6.07 Å². The number of carbonyl (C=O) groups is 1. The molecule has 0 fully saturated rings. The van der Waals surface area contributed by atoms with E-state index in [-0.39, 0.29) is 5.57 Å². The van der Waals surface area contributed by atoms with Crippen LogP contribution in [0.2, 0.25) is 0 Å². The first kappa shape index (κ1) is 15.4. The molecule has 0 aromatic carbocycles. The maximum Gasteiger partial charge on any atom is 0.348 e. The molecule has 0 atom stereocenters. The fraction of sp³-hybridized carbons (Fsp3) is 0.667. The number of alkyl halides is 1. The summed E-state index contributed by atoms with van der Waals surface area (Å²) >= 11 is 2.39. The number of ether oxygens (including phenoxy) is 1. The molecule has 0 saturated heterocycles. The number of unbranched alkanes of at least 4 members (excludes halogenated alkanes) is 5. The van der Waals surface area contributed by atoms with Crippen molar-refractivity contribution in [1.82, 2.24) is 0 Å². The second kappa shape index (κ2) is 10.9. The summed E-state index contributed by atoms with van der Waals surface area (Å²) in [4.78, 5) is 11.0. The van der Waals surface area contributed by atoms with E-state index in [9.17, 15) is 4.79 Å². The van der Waals surface area contributed by atoms with Crippen LogP contribution >= 0.6 is 22.6 Å². The molecular formula is C12H18INO2. The number of nitriles is 1. The van der Waals surface area contributed by atoms with Gasteiger partial charge in [-0.2, -0.15) is 5.26 Å². The summed E-state index contributed by atoms with van der Waals surface area (Å²) in [5.74, 6) is -0.590. The van der Waals surface area contributed by atoms with Gasteiger partial charge in [-0.1, -0.05) is 54.9 Å². The Bertz CT molecular complexity index is 258. The smallest absolute Gasteiger partial charge is 0.348 e. The lowest BCUT2D eigenvalue weighted by molar-refractivity contribution is -0.138. The SMILES string of the molecule is C=C(C#N)C(=O)OCCCCCCCCI. The van der Waals surface area contributed by atoms with E-state index in [1.165, 1.54) is 30.1 Å². The zero-order chi connectivity index (χ0) is 12.2. The van der Waals surface area contributed by atoms with Crippen LogP contribution in [0, 0.1) is 11.3 Å². The molecule has 0 spiro atoms.